The van der Waals surface area contributed by atoms with Crippen LogP contribution in [-0.2, 0) is 19.4 Å². The van der Waals surface area contributed by atoms with E-state index >= 15 is 0 Å². The molecule has 4 saturated carbocycles. The summed E-state index contributed by atoms with van der Waals surface area (Å²) in [6.07, 6.45) is 3.35. The number of aldehydes is 1. The fourth-order valence-electron chi connectivity index (χ4n) is 9.35. The summed E-state index contributed by atoms with van der Waals surface area (Å²) >= 11 is 0. The molecule has 11 atom stereocenters. The summed E-state index contributed by atoms with van der Waals surface area (Å²) in [5.74, 6) is -1.03. The third-order valence-electron chi connectivity index (χ3n) is 11.2. The second-order valence-electron chi connectivity index (χ2n) is 13.0. The van der Waals surface area contributed by atoms with Gasteiger partial charge >= 0.3 is 29.6 Å². The summed E-state index contributed by atoms with van der Waals surface area (Å²) in [6.45, 7) is 7.56. The molecule has 4 fully saturated rings. The molecule has 0 aromatic carbocycles. The molecular weight excluding hydrogens is 523 g/mol. The van der Waals surface area contributed by atoms with E-state index in [1.807, 2.05) is 26.8 Å². The first kappa shape index (κ1) is 32.6. The van der Waals surface area contributed by atoms with Crippen LogP contribution in [0.3, 0.4) is 0 Å². The Morgan fingerprint density at radius 1 is 1.16 bits per heavy atom. The maximum Gasteiger partial charge on any atom is 1.00 e. The van der Waals surface area contributed by atoms with Crippen LogP contribution < -0.4 is 29.6 Å². The van der Waals surface area contributed by atoms with Crippen LogP contribution in [0.15, 0.2) is 11.6 Å². The van der Waals surface area contributed by atoms with Gasteiger partial charge in [-0.2, -0.15) is 0 Å². The van der Waals surface area contributed by atoms with Gasteiger partial charge in [0.1, 0.15) is 23.6 Å². The fourth-order valence-corrected chi connectivity index (χ4v) is 9.85. The molecule has 0 spiro atoms. The molecule has 212 valence electrons. The SMILES string of the molecule is C/C(C=O)=C\CC[C@@H](C)[C@H]1C[C@H](OS(=O)(=O)[O-])[C@]2(O)[C@]1(C)CC[C@@H]1[C@@]3(C)CC[C@H](O)C[C@@H]3[C@@H](O)C[C@]12O.[Na+]. The Kier molecular flexibility index (Phi) is 9.51. The largest absolute Gasteiger partial charge is 1.00 e. The third-order valence-corrected chi connectivity index (χ3v) is 11.6. The Morgan fingerprint density at radius 3 is 2.42 bits per heavy atom. The average molecular weight is 567 g/mol. The normalized spacial score (nSPS) is 47.8. The predicted octanol–water partition coefficient (Wildman–Crippen LogP) is -0.772. The summed E-state index contributed by atoms with van der Waals surface area (Å²) in [7, 11) is -5.19. The van der Waals surface area contributed by atoms with E-state index in [-0.39, 0.29) is 60.2 Å². The summed E-state index contributed by atoms with van der Waals surface area (Å²) in [6, 6.07) is 0. The van der Waals surface area contributed by atoms with Crippen molar-refractivity contribution in [1.29, 1.82) is 0 Å². The minimum Gasteiger partial charge on any atom is -0.726 e. The molecule has 0 bridgehead atoms. The van der Waals surface area contributed by atoms with Crippen LogP contribution in [0.2, 0.25) is 0 Å². The van der Waals surface area contributed by atoms with Crippen LogP contribution in [0.5, 0.6) is 0 Å². The van der Waals surface area contributed by atoms with E-state index in [2.05, 4.69) is 0 Å². The van der Waals surface area contributed by atoms with Gasteiger partial charge in [-0.1, -0.05) is 26.8 Å². The van der Waals surface area contributed by atoms with Crippen LogP contribution in [0, 0.1) is 34.5 Å². The van der Waals surface area contributed by atoms with Gasteiger partial charge < -0.3 is 25.0 Å². The van der Waals surface area contributed by atoms with Crippen LogP contribution in [0.25, 0.3) is 0 Å². The zero-order chi connectivity index (χ0) is 27.6. The van der Waals surface area contributed by atoms with Crippen molar-refractivity contribution in [2.45, 2.75) is 115 Å². The van der Waals surface area contributed by atoms with E-state index in [0.29, 0.717) is 50.5 Å². The van der Waals surface area contributed by atoms with E-state index < -0.39 is 56.7 Å². The van der Waals surface area contributed by atoms with Crippen molar-refractivity contribution >= 4 is 16.7 Å². The monoisotopic (exact) mass is 566 g/mol. The Bertz CT molecular complexity index is 1040. The molecule has 4 aliphatic rings. The van der Waals surface area contributed by atoms with Crippen LogP contribution in [0.1, 0.15) is 85.5 Å². The van der Waals surface area contributed by atoms with Gasteiger partial charge in [-0.3, -0.25) is 8.98 Å². The number of carbonyl (C=O) groups excluding carboxylic acids is 1. The molecule has 4 aliphatic carbocycles. The van der Waals surface area contributed by atoms with Crippen LogP contribution in [0.4, 0.5) is 0 Å². The number of hydrogen-bond acceptors (Lipinski definition) is 9. The van der Waals surface area contributed by atoms with Gasteiger partial charge in [0.15, 0.2) is 0 Å². The van der Waals surface area contributed by atoms with Crippen molar-refractivity contribution in [1.82, 2.24) is 0 Å². The zero-order valence-electron chi connectivity index (χ0n) is 23.3. The van der Waals surface area contributed by atoms with Gasteiger partial charge in [0, 0.05) is 11.8 Å². The number of aliphatic hydroxyl groups excluding tert-OH is 2. The molecule has 0 aromatic heterocycles. The molecule has 9 nitrogen and oxygen atoms in total. The number of allylic oxidation sites excluding steroid dienone is 2. The Hall–Kier alpha value is 0.120. The van der Waals surface area contributed by atoms with E-state index in [0.717, 1.165) is 6.29 Å². The minimum absolute atomic E-state index is 0. The van der Waals surface area contributed by atoms with Crippen molar-refractivity contribution in [3.63, 3.8) is 0 Å². The van der Waals surface area contributed by atoms with Gasteiger partial charge in [0.05, 0.1) is 12.2 Å². The Balaban J connectivity index is 0.00000400. The standard InChI is InChI=1S/C27H44O9S.Na/c1-16(15-28)6-5-7-17(2)19-13-23(36-37(33,34)35)27(32)25(19,4)11-9-22-24(3)10-8-18(29)12-20(24)21(30)14-26(22,27)31;/h6,15,17-23,29-32H,5,7-14H2,1-4H3,(H,33,34,35);/q;+1/p-1/b16-6+;/t17-,18+,19-,20-,21+,22-,23+,24+,25-,26+,27+;/m1./s1. The van der Waals surface area contributed by atoms with Crippen molar-refractivity contribution in [3.05, 3.63) is 11.6 Å². The molecule has 0 aliphatic heterocycles. The van der Waals surface area contributed by atoms with Crippen molar-refractivity contribution in [3.8, 4) is 0 Å². The summed E-state index contributed by atoms with van der Waals surface area (Å²) < 4.78 is 40.5. The van der Waals surface area contributed by atoms with Gasteiger partial charge in [0.2, 0.25) is 10.4 Å². The molecule has 0 radical (unpaired) electrons. The van der Waals surface area contributed by atoms with E-state index in [1.165, 1.54) is 0 Å². The summed E-state index contributed by atoms with van der Waals surface area (Å²) in [5.41, 5.74) is -4.91. The van der Waals surface area contributed by atoms with Gasteiger partial charge in [-0.15, -0.1) is 0 Å². The van der Waals surface area contributed by atoms with Crippen LogP contribution in [-0.4, -0.2) is 69.2 Å². The van der Waals surface area contributed by atoms with E-state index in [1.54, 1.807) is 6.92 Å². The van der Waals surface area contributed by atoms with E-state index in [9.17, 15) is 38.2 Å². The number of fused-ring (bicyclic) bond motifs is 5. The van der Waals surface area contributed by atoms with Crippen molar-refractivity contribution in [2.24, 2.45) is 34.5 Å². The summed E-state index contributed by atoms with van der Waals surface area (Å²) in [5, 5.41) is 46.6. The molecule has 0 unspecified atom stereocenters. The number of aliphatic hydroxyl groups is 4. The third kappa shape index (κ3) is 5.03. The molecule has 0 heterocycles. The molecular formula is C27H43NaO9S. The maximum atomic E-state index is 12.6. The van der Waals surface area contributed by atoms with Crippen molar-refractivity contribution < 1.29 is 71.9 Å². The molecule has 38 heavy (non-hydrogen) atoms. The van der Waals surface area contributed by atoms with Crippen LogP contribution >= 0.6 is 0 Å². The predicted molar refractivity (Wildman–Crippen MR) is 134 cm³/mol. The number of rotatable bonds is 7. The first-order valence-electron chi connectivity index (χ1n) is 13.6. The quantitative estimate of drug-likeness (QED) is 0.102. The average Bonchev–Trinajstić information content (AvgIpc) is 3.02. The molecule has 11 heteroatoms. The zero-order valence-corrected chi connectivity index (χ0v) is 26.1. The molecule has 0 amide bonds. The number of hydrogen-bond donors (Lipinski definition) is 4. The van der Waals surface area contributed by atoms with Gasteiger partial charge in [-0.05, 0) is 93.0 Å². The molecule has 4 N–H and O–H groups in total. The second kappa shape index (κ2) is 11.1. The molecule has 0 aromatic rings. The van der Waals surface area contributed by atoms with Crippen molar-refractivity contribution in [2.75, 3.05) is 0 Å². The second-order valence-corrected chi connectivity index (χ2v) is 14.0. The first-order valence-corrected chi connectivity index (χ1v) is 14.9. The van der Waals surface area contributed by atoms with E-state index in [4.69, 9.17) is 4.18 Å². The van der Waals surface area contributed by atoms with Gasteiger partial charge in [0.25, 0.3) is 0 Å². The van der Waals surface area contributed by atoms with Gasteiger partial charge in [-0.25, -0.2) is 8.42 Å². The Labute approximate surface area is 248 Å². The number of carbonyl (C=O) groups is 1. The topological polar surface area (TPSA) is 164 Å². The minimum atomic E-state index is -5.19. The molecule has 0 saturated heterocycles. The summed E-state index contributed by atoms with van der Waals surface area (Å²) in [4.78, 5) is 11.0. The fraction of sp³-hybridized carbons (Fsp3) is 0.889. The Morgan fingerprint density at radius 2 is 1.82 bits per heavy atom. The maximum absolute atomic E-state index is 12.6. The first-order chi connectivity index (χ1) is 17.0. The smallest absolute Gasteiger partial charge is 0.726 e. The molecule has 4 rings (SSSR count).